The van der Waals surface area contributed by atoms with Crippen LogP contribution in [-0.4, -0.2) is 93.2 Å². The summed E-state index contributed by atoms with van der Waals surface area (Å²) in [7, 11) is 0. The van der Waals surface area contributed by atoms with Crippen molar-refractivity contribution in [3.05, 3.63) is 36.0 Å². The fourth-order valence-corrected chi connectivity index (χ4v) is 4.76. The van der Waals surface area contributed by atoms with Crippen LogP contribution < -0.4 is 21.7 Å². The fraction of sp³-hybridized carbons (Fsp3) is 0.520. The van der Waals surface area contributed by atoms with Gasteiger partial charge in [0.05, 0.1) is 12.1 Å². The van der Waals surface area contributed by atoms with Crippen molar-refractivity contribution in [2.45, 2.75) is 56.5 Å². The lowest BCUT2D eigenvalue weighted by Gasteiger charge is -2.26. The number of rotatable bonds is 16. The Morgan fingerprint density at radius 1 is 0.947 bits per heavy atom. The molecule has 0 aliphatic heterocycles. The number of carboxylic acid groups (broad SMARTS) is 1. The molecule has 38 heavy (non-hydrogen) atoms. The van der Waals surface area contributed by atoms with Gasteiger partial charge in [0, 0.05) is 23.5 Å². The summed E-state index contributed by atoms with van der Waals surface area (Å²) >= 11 is 3.06. The van der Waals surface area contributed by atoms with Gasteiger partial charge in [-0.15, -0.1) is 0 Å². The predicted octanol–water partition coefficient (Wildman–Crippen LogP) is 0.464. The highest BCUT2D eigenvalue weighted by Crippen LogP contribution is 2.19. The van der Waals surface area contributed by atoms with Gasteiger partial charge in [0.2, 0.25) is 17.7 Å². The Kier molecular flexibility index (Phi) is 12.9. The van der Waals surface area contributed by atoms with Gasteiger partial charge in [0.15, 0.2) is 6.04 Å². The zero-order valence-corrected chi connectivity index (χ0v) is 23.4. The molecule has 0 saturated carbocycles. The number of para-hydroxylation sites is 1. The Labute approximate surface area is 230 Å². The number of aromatic nitrogens is 1. The topological polar surface area (TPSA) is 187 Å². The van der Waals surface area contributed by atoms with Gasteiger partial charge in [0.1, 0.15) is 12.1 Å². The number of nitrogens with one attached hydrogen (secondary N) is 4. The first kappa shape index (κ1) is 31.5. The van der Waals surface area contributed by atoms with Crippen molar-refractivity contribution in [1.29, 1.82) is 0 Å². The van der Waals surface area contributed by atoms with E-state index in [2.05, 4.69) is 20.9 Å². The van der Waals surface area contributed by atoms with Gasteiger partial charge >= 0.3 is 5.97 Å². The van der Waals surface area contributed by atoms with Crippen molar-refractivity contribution in [3.63, 3.8) is 0 Å². The van der Waals surface area contributed by atoms with Crippen molar-refractivity contribution in [3.8, 4) is 0 Å². The molecular formula is C25H37N5O6S2. The number of nitrogens with two attached hydrogens (primary N) is 1. The molecule has 0 aliphatic carbocycles. The maximum Gasteiger partial charge on any atom is 0.328 e. The summed E-state index contributed by atoms with van der Waals surface area (Å²) in [6.07, 6.45) is 4.94. The number of aromatic amines is 1. The molecule has 11 nitrogen and oxygen atoms in total. The first-order valence-electron chi connectivity index (χ1n) is 12.2. The third-order valence-electron chi connectivity index (χ3n) is 5.99. The second-order valence-corrected chi connectivity index (χ2v) is 10.9. The van der Waals surface area contributed by atoms with Crippen LogP contribution in [0.2, 0.25) is 0 Å². The molecule has 8 N–H and O–H groups in total. The number of thioether (sulfide) groups is 2. The molecule has 0 saturated heterocycles. The lowest BCUT2D eigenvalue weighted by molar-refractivity contribution is -0.145. The Bertz CT molecular complexity index is 1100. The number of aliphatic hydroxyl groups is 1. The largest absolute Gasteiger partial charge is 0.480 e. The van der Waals surface area contributed by atoms with Crippen LogP contribution in [-0.2, 0) is 25.6 Å². The summed E-state index contributed by atoms with van der Waals surface area (Å²) in [5, 5.41) is 27.8. The lowest BCUT2D eigenvalue weighted by atomic mass is 10.0. The van der Waals surface area contributed by atoms with Crippen molar-refractivity contribution in [2.75, 3.05) is 24.0 Å². The van der Waals surface area contributed by atoms with E-state index in [0.717, 1.165) is 16.5 Å². The van der Waals surface area contributed by atoms with Crippen LogP contribution in [0.5, 0.6) is 0 Å². The van der Waals surface area contributed by atoms with Gasteiger partial charge in [-0.2, -0.15) is 23.5 Å². The molecule has 0 aliphatic rings. The van der Waals surface area contributed by atoms with Gasteiger partial charge in [-0.05, 0) is 55.4 Å². The Morgan fingerprint density at radius 3 is 2.18 bits per heavy atom. The van der Waals surface area contributed by atoms with Crippen molar-refractivity contribution in [2.24, 2.45) is 5.73 Å². The zero-order chi connectivity index (χ0) is 28.2. The smallest absolute Gasteiger partial charge is 0.328 e. The van der Waals surface area contributed by atoms with Gasteiger partial charge in [0.25, 0.3) is 0 Å². The monoisotopic (exact) mass is 567 g/mol. The first-order chi connectivity index (χ1) is 18.1. The second kappa shape index (κ2) is 15.6. The van der Waals surface area contributed by atoms with Crippen molar-refractivity contribution in [1.82, 2.24) is 20.9 Å². The van der Waals surface area contributed by atoms with E-state index < -0.39 is 54.0 Å². The Hall–Kier alpha value is -2.74. The molecule has 5 atom stereocenters. The number of aliphatic hydroxyl groups excluding tert-OH is 1. The average molecular weight is 568 g/mol. The van der Waals surface area contributed by atoms with Crippen LogP contribution in [0.25, 0.3) is 10.9 Å². The molecule has 13 heteroatoms. The number of benzene rings is 1. The molecule has 1 aromatic carbocycles. The molecule has 0 fully saturated rings. The molecule has 2 rings (SSSR count). The summed E-state index contributed by atoms with van der Waals surface area (Å²) in [6.45, 7) is 1.25. The summed E-state index contributed by atoms with van der Waals surface area (Å²) in [5.74, 6) is -1.97. The number of carboxylic acids is 1. The first-order valence-corrected chi connectivity index (χ1v) is 15.0. The summed E-state index contributed by atoms with van der Waals surface area (Å²) < 4.78 is 0. The van der Waals surface area contributed by atoms with E-state index in [0.29, 0.717) is 24.3 Å². The maximum atomic E-state index is 13.3. The SMILES string of the molecule is CSCCC(N)C(=O)NC(CCSC)C(=O)NC(Cc1c[nH]c2ccccc12)C(=O)NC(C(=O)O)C(C)O. The Balaban J connectivity index is 2.29. The van der Waals surface area contributed by atoms with E-state index in [1.165, 1.54) is 18.7 Å². The number of H-pyrrole nitrogens is 1. The van der Waals surface area contributed by atoms with Crippen molar-refractivity contribution >= 4 is 58.1 Å². The minimum Gasteiger partial charge on any atom is -0.480 e. The van der Waals surface area contributed by atoms with Crippen LogP contribution in [0.4, 0.5) is 0 Å². The van der Waals surface area contributed by atoms with E-state index in [4.69, 9.17) is 5.73 Å². The van der Waals surface area contributed by atoms with Crippen LogP contribution in [0.1, 0.15) is 25.3 Å². The summed E-state index contributed by atoms with van der Waals surface area (Å²) in [4.78, 5) is 53.9. The highest BCUT2D eigenvalue weighted by Gasteiger charge is 2.32. The summed E-state index contributed by atoms with van der Waals surface area (Å²) in [5.41, 5.74) is 7.54. The van der Waals surface area contributed by atoms with Gasteiger partial charge in [-0.25, -0.2) is 4.79 Å². The number of carbonyl (C=O) groups excluding carboxylic acids is 3. The lowest BCUT2D eigenvalue weighted by Crippen LogP contribution is -2.58. The fourth-order valence-electron chi connectivity index (χ4n) is 3.80. The van der Waals surface area contributed by atoms with Gasteiger partial charge in [-0.1, -0.05) is 18.2 Å². The number of fused-ring (bicyclic) bond motifs is 1. The molecule has 0 spiro atoms. The predicted molar refractivity (Wildman–Crippen MR) is 151 cm³/mol. The highest BCUT2D eigenvalue weighted by molar-refractivity contribution is 7.98. The molecular weight excluding hydrogens is 530 g/mol. The third kappa shape index (κ3) is 9.22. The van der Waals surface area contributed by atoms with Crippen LogP contribution in [0.15, 0.2) is 30.5 Å². The number of amides is 3. The van der Waals surface area contributed by atoms with E-state index >= 15 is 0 Å². The van der Waals surface area contributed by atoms with Gasteiger partial charge in [-0.3, -0.25) is 14.4 Å². The molecule has 1 heterocycles. The normalized spacial score (nSPS) is 15.2. The number of carbonyl (C=O) groups is 4. The molecule has 2 aromatic rings. The Morgan fingerprint density at radius 2 is 1.55 bits per heavy atom. The third-order valence-corrected chi connectivity index (χ3v) is 7.28. The number of aliphatic carboxylic acids is 1. The van der Waals surface area contributed by atoms with E-state index in [-0.39, 0.29) is 6.42 Å². The standard InChI is InChI=1S/C25H37N5O6S2/c1-14(31)21(25(35)36)30-24(34)20(12-15-13-27-18-7-5-4-6-16(15)18)29-23(33)19(9-11-38-3)28-22(32)17(26)8-10-37-2/h4-7,13-14,17,19-21,27,31H,8-12,26H2,1-3H3,(H,28,32)(H,29,33)(H,30,34)(H,35,36). The maximum absolute atomic E-state index is 13.3. The molecule has 0 radical (unpaired) electrons. The number of hydrogen-bond donors (Lipinski definition) is 7. The molecule has 5 unspecified atom stereocenters. The van der Waals surface area contributed by atoms with Gasteiger partial charge < -0.3 is 36.9 Å². The quantitative estimate of drug-likeness (QED) is 0.151. The van der Waals surface area contributed by atoms with Crippen LogP contribution >= 0.6 is 23.5 Å². The average Bonchev–Trinajstić information content (AvgIpc) is 3.29. The van der Waals surface area contributed by atoms with Crippen LogP contribution in [0, 0.1) is 0 Å². The highest BCUT2D eigenvalue weighted by atomic mass is 32.2. The number of hydrogen-bond acceptors (Lipinski definition) is 8. The molecule has 210 valence electrons. The van der Waals surface area contributed by atoms with Crippen molar-refractivity contribution < 1.29 is 29.4 Å². The molecule has 0 bridgehead atoms. The van der Waals surface area contributed by atoms with Crippen LogP contribution in [0.3, 0.4) is 0 Å². The van der Waals surface area contributed by atoms with E-state index in [1.54, 1.807) is 18.0 Å². The zero-order valence-electron chi connectivity index (χ0n) is 21.7. The molecule has 3 amide bonds. The van der Waals surface area contributed by atoms with E-state index in [9.17, 15) is 29.4 Å². The summed E-state index contributed by atoms with van der Waals surface area (Å²) in [6, 6.07) is 2.97. The van der Waals surface area contributed by atoms with E-state index in [1.807, 2.05) is 36.8 Å². The minimum atomic E-state index is -1.56. The second-order valence-electron chi connectivity index (χ2n) is 8.92. The minimum absolute atomic E-state index is 0.0458. The molecule has 1 aromatic heterocycles.